The highest BCUT2D eigenvalue weighted by Gasteiger charge is 2.20. The van der Waals surface area contributed by atoms with E-state index in [1.807, 2.05) is 30.3 Å². The summed E-state index contributed by atoms with van der Waals surface area (Å²) in [4.78, 5) is 35.5. The summed E-state index contributed by atoms with van der Waals surface area (Å²) in [6.45, 7) is 0.0694. The molecule has 148 valence electrons. The third-order valence-electron chi connectivity index (χ3n) is 4.30. The van der Waals surface area contributed by atoms with Crippen LogP contribution in [0.1, 0.15) is 24.0 Å². The Balaban J connectivity index is 2.04. The van der Waals surface area contributed by atoms with Gasteiger partial charge in [0, 0.05) is 31.1 Å². The number of nitrogens with zero attached hydrogens (tertiary/aromatic N) is 2. The van der Waals surface area contributed by atoms with Gasteiger partial charge in [0.05, 0.1) is 11.5 Å². The predicted molar refractivity (Wildman–Crippen MR) is 104 cm³/mol. The molecule has 0 aromatic heterocycles. The molecule has 0 spiro atoms. The Morgan fingerprint density at radius 1 is 1.14 bits per heavy atom. The Labute approximate surface area is 162 Å². The molecule has 0 aliphatic rings. The molecular weight excluding hydrogens is 362 g/mol. The van der Waals surface area contributed by atoms with Crippen molar-refractivity contribution >= 4 is 17.7 Å². The van der Waals surface area contributed by atoms with E-state index in [9.17, 15) is 19.7 Å². The van der Waals surface area contributed by atoms with Crippen LogP contribution in [0.25, 0.3) is 0 Å². The van der Waals surface area contributed by atoms with Gasteiger partial charge in [0.15, 0.2) is 0 Å². The van der Waals surface area contributed by atoms with E-state index in [0.29, 0.717) is 12.0 Å². The third kappa shape index (κ3) is 6.39. The van der Waals surface area contributed by atoms with Crippen LogP contribution in [-0.2, 0) is 17.8 Å². The van der Waals surface area contributed by atoms with Gasteiger partial charge in [0.25, 0.3) is 5.69 Å². The van der Waals surface area contributed by atoms with Crippen molar-refractivity contribution in [2.45, 2.75) is 31.8 Å². The molecule has 2 rings (SSSR count). The molecule has 1 atom stereocenters. The van der Waals surface area contributed by atoms with Crippen LogP contribution >= 0.6 is 0 Å². The summed E-state index contributed by atoms with van der Waals surface area (Å²) in [5, 5.41) is 22.9. The number of nitro groups is 1. The number of carbonyl (C=O) groups excluding carboxylic acids is 1. The smallest absolute Gasteiger partial charge is 0.317 e. The number of carboxylic acids is 1. The Hall–Kier alpha value is -3.42. The van der Waals surface area contributed by atoms with E-state index in [-0.39, 0.29) is 31.1 Å². The van der Waals surface area contributed by atoms with Crippen LogP contribution in [0, 0.1) is 10.1 Å². The van der Waals surface area contributed by atoms with Crippen molar-refractivity contribution in [1.29, 1.82) is 0 Å². The molecule has 2 N–H and O–H groups in total. The topological polar surface area (TPSA) is 113 Å². The number of amides is 2. The molecule has 2 aromatic carbocycles. The molecule has 2 aromatic rings. The lowest BCUT2D eigenvalue weighted by atomic mass is 10.0. The lowest BCUT2D eigenvalue weighted by Gasteiger charge is -2.23. The summed E-state index contributed by atoms with van der Waals surface area (Å²) in [5.74, 6) is -0.930. The maximum Gasteiger partial charge on any atom is 0.317 e. The van der Waals surface area contributed by atoms with E-state index in [1.54, 1.807) is 25.2 Å². The van der Waals surface area contributed by atoms with Crippen LogP contribution < -0.4 is 5.32 Å². The number of para-hydroxylation sites is 1. The Bertz CT molecular complexity index is 826. The second-order valence-electron chi connectivity index (χ2n) is 6.51. The number of carboxylic acid groups (broad SMARTS) is 1. The monoisotopic (exact) mass is 385 g/mol. The summed E-state index contributed by atoms with van der Waals surface area (Å²) in [5.41, 5.74) is 1.36. The zero-order valence-corrected chi connectivity index (χ0v) is 15.6. The van der Waals surface area contributed by atoms with Crippen LogP contribution in [0.15, 0.2) is 54.6 Å². The maximum atomic E-state index is 12.6. The first-order valence-corrected chi connectivity index (χ1v) is 8.86. The van der Waals surface area contributed by atoms with Gasteiger partial charge in [-0.25, -0.2) is 4.79 Å². The van der Waals surface area contributed by atoms with Gasteiger partial charge >= 0.3 is 12.0 Å². The number of nitrogens with one attached hydrogen (secondary N) is 1. The number of aliphatic carboxylic acids is 1. The fourth-order valence-electron chi connectivity index (χ4n) is 2.86. The van der Waals surface area contributed by atoms with Crippen LogP contribution in [0.5, 0.6) is 0 Å². The number of rotatable bonds is 9. The van der Waals surface area contributed by atoms with Crippen molar-refractivity contribution in [3.05, 3.63) is 75.8 Å². The molecule has 0 bridgehead atoms. The zero-order valence-electron chi connectivity index (χ0n) is 15.6. The number of urea groups is 1. The van der Waals surface area contributed by atoms with Crippen molar-refractivity contribution in [3.8, 4) is 0 Å². The lowest BCUT2D eigenvalue weighted by Crippen LogP contribution is -2.44. The van der Waals surface area contributed by atoms with Gasteiger partial charge in [-0.2, -0.15) is 0 Å². The first-order valence-electron chi connectivity index (χ1n) is 8.86. The second-order valence-corrected chi connectivity index (χ2v) is 6.51. The van der Waals surface area contributed by atoms with Gasteiger partial charge in [-0.3, -0.25) is 14.9 Å². The van der Waals surface area contributed by atoms with Gasteiger partial charge in [-0.15, -0.1) is 0 Å². The van der Waals surface area contributed by atoms with E-state index < -0.39 is 16.9 Å². The van der Waals surface area contributed by atoms with Crippen molar-refractivity contribution in [1.82, 2.24) is 10.2 Å². The number of hydrogen-bond acceptors (Lipinski definition) is 4. The first-order chi connectivity index (χ1) is 13.4. The van der Waals surface area contributed by atoms with Crippen molar-refractivity contribution in [2.24, 2.45) is 0 Å². The summed E-state index contributed by atoms with van der Waals surface area (Å²) >= 11 is 0. The molecule has 0 aliphatic heterocycles. The predicted octanol–water partition coefficient (Wildman–Crippen LogP) is 3.21. The molecule has 0 saturated carbocycles. The largest absolute Gasteiger partial charge is 0.481 e. The fourth-order valence-corrected chi connectivity index (χ4v) is 2.86. The number of nitro benzene ring substituents is 1. The molecule has 0 radical (unpaired) electrons. The summed E-state index contributed by atoms with van der Waals surface area (Å²) < 4.78 is 0. The van der Waals surface area contributed by atoms with Gasteiger partial charge in [-0.05, 0) is 18.4 Å². The highest BCUT2D eigenvalue weighted by atomic mass is 16.6. The standard InChI is InChI=1S/C20H23N3O5/c1-22(14-16-9-5-6-10-18(16)23(27)28)20(26)21-17(11-12-19(24)25)13-15-7-3-2-4-8-15/h2-10,17H,11-14H2,1H3,(H,21,26)(H,24,25). The quantitative estimate of drug-likeness (QED) is 0.508. The molecule has 1 unspecified atom stereocenters. The Morgan fingerprint density at radius 3 is 2.43 bits per heavy atom. The second kappa shape index (κ2) is 10.1. The average Bonchev–Trinajstić information content (AvgIpc) is 2.67. The maximum absolute atomic E-state index is 12.6. The van der Waals surface area contributed by atoms with Crippen molar-refractivity contribution in [3.63, 3.8) is 0 Å². The number of hydrogen-bond donors (Lipinski definition) is 2. The molecule has 0 heterocycles. The summed E-state index contributed by atoms with van der Waals surface area (Å²) in [6.07, 6.45) is 0.722. The van der Waals surface area contributed by atoms with E-state index >= 15 is 0 Å². The Kier molecular flexibility index (Phi) is 7.50. The van der Waals surface area contributed by atoms with Crippen LogP contribution in [0.2, 0.25) is 0 Å². The number of carbonyl (C=O) groups is 2. The van der Waals surface area contributed by atoms with Gasteiger partial charge in [-0.1, -0.05) is 48.5 Å². The zero-order chi connectivity index (χ0) is 20.5. The average molecular weight is 385 g/mol. The fraction of sp³-hybridized carbons (Fsp3) is 0.300. The van der Waals surface area contributed by atoms with Crippen LogP contribution in [0.4, 0.5) is 10.5 Å². The minimum absolute atomic E-state index is 0.0473. The van der Waals surface area contributed by atoms with E-state index in [2.05, 4.69) is 5.32 Å². The minimum Gasteiger partial charge on any atom is -0.481 e. The number of benzene rings is 2. The van der Waals surface area contributed by atoms with Crippen molar-refractivity contribution < 1.29 is 19.6 Å². The molecule has 8 heteroatoms. The van der Waals surface area contributed by atoms with E-state index in [1.165, 1.54) is 11.0 Å². The molecule has 0 fully saturated rings. The lowest BCUT2D eigenvalue weighted by molar-refractivity contribution is -0.385. The van der Waals surface area contributed by atoms with E-state index in [0.717, 1.165) is 5.56 Å². The van der Waals surface area contributed by atoms with Gasteiger partial charge in [0.2, 0.25) is 0 Å². The van der Waals surface area contributed by atoms with Crippen molar-refractivity contribution in [2.75, 3.05) is 7.05 Å². The normalized spacial score (nSPS) is 11.5. The molecule has 0 aliphatic carbocycles. The molecule has 0 saturated heterocycles. The first kappa shape index (κ1) is 20.9. The van der Waals surface area contributed by atoms with Crippen LogP contribution in [-0.4, -0.2) is 40.0 Å². The molecule has 28 heavy (non-hydrogen) atoms. The molecular formula is C20H23N3O5. The highest BCUT2D eigenvalue weighted by molar-refractivity contribution is 5.74. The molecule has 8 nitrogen and oxygen atoms in total. The molecule has 2 amide bonds. The summed E-state index contributed by atoms with van der Waals surface area (Å²) in [6, 6.07) is 15.0. The highest BCUT2D eigenvalue weighted by Crippen LogP contribution is 2.19. The van der Waals surface area contributed by atoms with Crippen LogP contribution in [0.3, 0.4) is 0 Å². The van der Waals surface area contributed by atoms with E-state index in [4.69, 9.17) is 5.11 Å². The van der Waals surface area contributed by atoms with Gasteiger partial charge < -0.3 is 15.3 Å². The third-order valence-corrected chi connectivity index (χ3v) is 4.30. The minimum atomic E-state index is -0.930. The SMILES string of the molecule is CN(Cc1ccccc1[N+](=O)[O-])C(=O)NC(CCC(=O)O)Cc1ccccc1. The van der Waals surface area contributed by atoms with Gasteiger partial charge in [0.1, 0.15) is 0 Å². The Morgan fingerprint density at radius 2 is 1.79 bits per heavy atom. The summed E-state index contributed by atoms with van der Waals surface area (Å²) in [7, 11) is 1.54.